The van der Waals surface area contributed by atoms with Gasteiger partial charge in [-0.2, -0.15) is 5.26 Å². The highest BCUT2D eigenvalue weighted by molar-refractivity contribution is 5.97. The first-order valence-corrected chi connectivity index (χ1v) is 4.38. The van der Waals surface area contributed by atoms with E-state index in [4.69, 9.17) is 10.4 Å². The number of nitriles is 1. The van der Waals surface area contributed by atoms with Crippen molar-refractivity contribution in [2.45, 2.75) is 12.8 Å². The predicted molar refractivity (Wildman–Crippen MR) is 52.4 cm³/mol. The second-order valence-corrected chi connectivity index (χ2v) is 3.01. The van der Waals surface area contributed by atoms with Gasteiger partial charge in [-0.15, -0.1) is 0 Å². The molecule has 0 bridgehead atoms. The van der Waals surface area contributed by atoms with Crippen LogP contribution in [0.4, 0.5) is 0 Å². The average molecular weight is 203 g/mol. The molecular weight excluding hydrogens is 194 g/mol. The Morgan fingerprint density at radius 2 is 1.80 bits per heavy atom. The Labute approximate surface area is 86.8 Å². The van der Waals surface area contributed by atoms with Crippen LogP contribution in [0.5, 0.6) is 0 Å². The van der Waals surface area contributed by atoms with Crippen LogP contribution < -0.4 is 0 Å². The van der Waals surface area contributed by atoms with Crippen molar-refractivity contribution in [1.29, 1.82) is 5.26 Å². The first-order valence-electron chi connectivity index (χ1n) is 4.38. The maximum absolute atomic E-state index is 11.4. The van der Waals surface area contributed by atoms with Gasteiger partial charge in [0.25, 0.3) is 0 Å². The fraction of sp³-hybridized carbons (Fsp3) is 0.182. The van der Waals surface area contributed by atoms with Gasteiger partial charge in [-0.3, -0.25) is 9.59 Å². The Kier molecular flexibility index (Phi) is 3.58. The fourth-order valence-electron chi connectivity index (χ4n) is 1.10. The molecule has 0 atom stereocenters. The van der Waals surface area contributed by atoms with Gasteiger partial charge in [-0.1, -0.05) is 12.1 Å². The van der Waals surface area contributed by atoms with Gasteiger partial charge in [0.1, 0.15) is 0 Å². The van der Waals surface area contributed by atoms with Gasteiger partial charge in [-0.05, 0) is 12.1 Å². The van der Waals surface area contributed by atoms with Crippen molar-refractivity contribution in [1.82, 2.24) is 0 Å². The fourth-order valence-corrected chi connectivity index (χ4v) is 1.10. The number of carbonyl (C=O) groups excluding carboxylic acids is 1. The lowest BCUT2D eigenvalue weighted by molar-refractivity contribution is -0.136. The summed E-state index contributed by atoms with van der Waals surface area (Å²) in [7, 11) is 0. The highest BCUT2D eigenvalue weighted by atomic mass is 16.4. The molecule has 76 valence electrons. The third-order valence-corrected chi connectivity index (χ3v) is 1.90. The Balaban J connectivity index is 2.67. The Hall–Kier alpha value is -2.15. The smallest absolute Gasteiger partial charge is 0.303 e. The molecule has 0 aromatic heterocycles. The van der Waals surface area contributed by atoms with Crippen LogP contribution in [0.15, 0.2) is 24.3 Å². The van der Waals surface area contributed by atoms with Crippen molar-refractivity contribution in [3.63, 3.8) is 0 Å². The van der Waals surface area contributed by atoms with E-state index in [1.165, 1.54) is 24.3 Å². The first kappa shape index (κ1) is 10.9. The topological polar surface area (TPSA) is 78.2 Å². The summed E-state index contributed by atoms with van der Waals surface area (Å²) < 4.78 is 0. The van der Waals surface area contributed by atoms with Crippen LogP contribution in [0.2, 0.25) is 0 Å². The minimum absolute atomic E-state index is 0.0127. The van der Waals surface area contributed by atoms with Crippen molar-refractivity contribution in [2.24, 2.45) is 0 Å². The maximum atomic E-state index is 11.4. The third kappa shape index (κ3) is 3.24. The van der Waals surface area contributed by atoms with Crippen molar-refractivity contribution < 1.29 is 14.7 Å². The van der Waals surface area contributed by atoms with Crippen molar-refractivity contribution >= 4 is 11.8 Å². The molecule has 0 saturated heterocycles. The summed E-state index contributed by atoms with van der Waals surface area (Å²) in [6, 6.07) is 8.07. The lowest BCUT2D eigenvalue weighted by Gasteiger charge is -1.98. The van der Waals surface area contributed by atoms with Gasteiger partial charge in [0, 0.05) is 12.0 Å². The van der Waals surface area contributed by atoms with Gasteiger partial charge in [0.05, 0.1) is 18.1 Å². The van der Waals surface area contributed by atoms with Crippen molar-refractivity contribution in [3.05, 3.63) is 35.4 Å². The molecule has 4 heteroatoms. The number of carbonyl (C=O) groups is 2. The van der Waals surface area contributed by atoms with E-state index in [9.17, 15) is 9.59 Å². The first-order chi connectivity index (χ1) is 7.13. The molecule has 0 aliphatic carbocycles. The zero-order valence-corrected chi connectivity index (χ0v) is 7.93. The van der Waals surface area contributed by atoms with Crippen LogP contribution in [0.25, 0.3) is 0 Å². The molecule has 0 amide bonds. The molecule has 15 heavy (non-hydrogen) atoms. The zero-order valence-electron chi connectivity index (χ0n) is 7.93. The molecule has 1 rings (SSSR count). The second-order valence-electron chi connectivity index (χ2n) is 3.01. The number of carboxylic acid groups (broad SMARTS) is 1. The van der Waals surface area contributed by atoms with Crippen LogP contribution in [-0.4, -0.2) is 16.9 Å². The molecule has 0 radical (unpaired) electrons. The molecule has 0 spiro atoms. The van der Waals surface area contributed by atoms with Crippen LogP contribution in [0.3, 0.4) is 0 Å². The largest absolute Gasteiger partial charge is 0.481 e. The summed E-state index contributed by atoms with van der Waals surface area (Å²) in [5.74, 6) is -1.21. The molecule has 0 aliphatic rings. The van der Waals surface area contributed by atoms with Crippen LogP contribution in [-0.2, 0) is 4.79 Å². The monoisotopic (exact) mass is 203 g/mol. The summed E-state index contributed by atoms with van der Waals surface area (Å²) in [6.07, 6.45) is -0.180. The predicted octanol–water partition coefficient (Wildman–Crippen LogP) is 1.61. The maximum Gasteiger partial charge on any atom is 0.303 e. The number of aliphatic carboxylic acids is 1. The molecule has 1 aromatic rings. The Morgan fingerprint density at radius 1 is 1.20 bits per heavy atom. The molecule has 1 aromatic carbocycles. The SMILES string of the molecule is N#Cc1ccc(C(=O)CCC(=O)O)cc1. The number of rotatable bonds is 4. The van der Waals surface area contributed by atoms with E-state index in [0.717, 1.165) is 0 Å². The standard InChI is InChI=1S/C11H9NO3/c12-7-8-1-3-9(4-2-8)10(13)5-6-11(14)15/h1-4H,5-6H2,(H,14,15). The second kappa shape index (κ2) is 4.91. The van der Waals surface area contributed by atoms with E-state index in [2.05, 4.69) is 0 Å². The lowest BCUT2D eigenvalue weighted by atomic mass is 10.1. The van der Waals surface area contributed by atoms with Gasteiger partial charge in [0.2, 0.25) is 0 Å². The van der Waals surface area contributed by atoms with Gasteiger partial charge >= 0.3 is 5.97 Å². The van der Waals surface area contributed by atoms with Crippen LogP contribution >= 0.6 is 0 Å². The molecule has 0 aliphatic heterocycles. The molecule has 0 heterocycles. The Bertz CT molecular complexity index is 414. The average Bonchev–Trinajstić information content (AvgIpc) is 2.26. The number of carboxylic acids is 1. The van der Waals surface area contributed by atoms with Crippen molar-refractivity contribution in [2.75, 3.05) is 0 Å². The van der Waals surface area contributed by atoms with Gasteiger partial charge in [0.15, 0.2) is 5.78 Å². The number of nitrogens with zero attached hydrogens (tertiary/aromatic N) is 1. The van der Waals surface area contributed by atoms with Crippen LogP contribution in [0, 0.1) is 11.3 Å². The number of hydrogen-bond donors (Lipinski definition) is 1. The molecule has 0 saturated carbocycles. The lowest BCUT2D eigenvalue weighted by Crippen LogP contribution is -2.03. The third-order valence-electron chi connectivity index (χ3n) is 1.90. The summed E-state index contributed by atoms with van der Waals surface area (Å²) >= 11 is 0. The molecule has 0 fully saturated rings. The summed E-state index contributed by atoms with van der Waals surface area (Å²) in [6.45, 7) is 0. The summed E-state index contributed by atoms with van der Waals surface area (Å²) in [5.41, 5.74) is 0.917. The normalized spacial score (nSPS) is 9.27. The van der Waals surface area contributed by atoms with Gasteiger partial charge in [-0.25, -0.2) is 0 Å². The van der Waals surface area contributed by atoms with E-state index in [-0.39, 0.29) is 18.6 Å². The molecule has 0 unspecified atom stereocenters. The van der Waals surface area contributed by atoms with E-state index >= 15 is 0 Å². The van der Waals surface area contributed by atoms with Gasteiger partial charge < -0.3 is 5.11 Å². The highest BCUT2D eigenvalue weighted by Crippen LogP contribution is 2.07. The number of ketones is 1. The number of hydrogen-bond acceptors (Lipinski definition) is 3. The minimum atomic E-state index is -0.989. The van der Waals surface area contributed by atoms with Crippen molar-refractivity contribution in [3.8, 4) is 6.07 Å². The number of Topliss-reactive ketones (excluding diaryl/α,β-unsaturated/α-hetero) is 1. The van der Waals surface area contributed by atoms with E-state index in [1.54, 1.807) is 0 Å². The number of benzene rings is 1. The van der Waals surface area contributed by atoms with E-state index < -0.39 is 5.97 Å². The summed E-state index contributed by atoms with van der Waals surface area (Å²) in [4.78, 5) is 21.6. The Morgan fingerprint density at radius 3 is 2.27 bits per heavy atom. The minimum Gasteiger partial charge on any atom is -0.481 e. The van der Waals surface area contributed by atoms with E-state index in [0.29, 0.717) is 11.1 Å². The quantitative estimate of drug-likeness (QED) is 0.754. The molecule has 4 nitrogen and oxygen atoms in total. The highest BCUT2D eigenvalue weighted by Gasteiger charge is 2.07. The summed E-state index contributed by atoms with van der Waals surface area (Å²) in [5, 5.41) is 16.9. The molecular formula is C11H9NO3. The molecule has 1 N–H and O–H groups in total. The van der Waals surface area contributed by atoms with E-state index in [1.807, 2.05) is 6.07 Å². The van der Waals surface area contributed by atoms with Crippen LogP contribution in [0.1, 0.15) is 28.8 Å². The zero-order chi connectivity index (χ0) is 11.3.